The van der Waals surface area contributed by atoms with E-state index in [1.165, 1.54) is 29.2 Å². The molecule has 0 radical (unpaired) electrons. The van der Waals surface area contributed by atoms with Crippen molar-refractivity contribution >= 4 is 23.1 Å². The summed E-state index contributed by atoms with van der Waals surface area (Å²) in [4.78, 5) is 27.2. The molecule has 1 amide bonds. The predicted molar refractivity (Wildman–Crippen MR) is 109 cm³/mol. The van der Waals surface area contributed by atoms with E-state index in [0.717, 1.165) is 5.56 Å². The normalized spacial score (nSPS) is 18.3. The first-order valence-corrected chi connectivity index (χ1v) is 9.16. The van der Waals surface area contributed by atoms with Crippen LogP contribution in [0.2, 0.25) is 0 Å². The molecule has 4 rings (SSSR count). The van der Waals surface area contributed by atoms with Crippen molar-refractivity contribution in [2.24, 2.45) is 0 Å². The molecule has 1 heterocycles. The van der Waals surface area contributed by atoms with Crippen molar-refractivity contribution in [1.82, 2.24) is 0 Å². The molecule has 144 valence electrons. The molecule has 1 unspecified atom stereocenters. The lowest BCUT2D eigenvalue weighted by Crippen LogP contribution is -2.29. The lowest BCUT2D eigenvalue weighted by Gasteiger charge is -2.25. The molecule has 0 saturated carbocycles. The van der Waals surface area contributed by atoms with E-state index in [1.807, 2.05) is 19.1 Å². The number of aliphatic hydroxyl groups is 1. The van der Waals surface area contributed by atoms with Crippen molar-refractivity contribution in [3.05, 3.63) is 107 Å². The van der Waals surface area contributed by atoms with E-state index >= 15 is 0 Å². The summed E-state index contributed by atoms with van der Waals surface area (Å²) in [5.41, 5.74) is 2.48. The Labute approximate surface area is 167 Å². The Morgan fingerprint density at radius 2 is 1.52 bits per heavy atom. The molecule has 0 spiro atoms. The van der Waals surface area contributed by atoms with Gasteiger partial charge in [-0.1, -0.05) is 60.2 Å². The number of ketones is 1. The minimum absolute atomic E-state index is 0.0200. The quantitative estimate of drug-likeness (QED) is 0.400. The Bertz CT molecular complexity index is 1100. The summed E-state index contributed by atoms with van der Waals surface area (Å²) in [6.07, 6.45) is 0. The van der Waals surface area contributed by atoms with Crippen LogP contribution >= 0.6 is 0 Å². The third-order valence-electron chi connectivity index (χ3n) is 4.99. The van der Waals surface area contributed by atoms with Crippen LogP contribution in [-0.2, 0) is 9.59 Å². The number of hydrogen-bond donors (Lipinski definition) is 1. The van der Waals surface area contributed by atoms with Gasteiger partial charge in [-0.2, -0.15) is 0 Å². The second kappa shape index (κ2) is 7.36. The van der Waals surface area contributed by atoms with Crippen molar-refractivity contribution in [1.29, 1.82) is 0 Å². The zero-order valence-corrected chi connectivity index (χ0v) is 15.7. The van der Waals surface area contributed by atoms with Gasteiger partial charge in [0.25, 0.3) is 11.7 Å². The second-order valence-electron chi connectivity index (χ2n) is 6.92. The number of hydrogen-bond acceptors (Lipinski definition) is 3. The molecule has 4 nitrogen and oxygen atoms in total. The highest BCUT2D eigenvalue weighted by molar-refractivity contribution is 6.51. The van der Waals surface area contributed by atoms with Crippen LogP contribution in [0.25, 0.3) is 5.76 Å². The van der Waals surface area contributed by atoms with Gasteiger partial charge in [0.15, 0.2) is 0 Å². The third kappa shape index (κ3) is 3.31. The number of aliphatic hydroxyl groups excluding tert-OH is 1. The van der Waals surface area contributed by atoms with Crippen molar-refractivity contribution in [3.8, 4) is 0 Å². The van der Waals surface area contributed by atoms with Crippen molar-refractivity contribution in [2.75, 3.05) is 4.90 Å². The van der Waals surface area contributed by atoms with Crippen LogP contribution < -0.4 is 4.90 Å². The van der Waals surface area contributed by atoms with E-state index in [-0.39, 0.29) is 11.3 Å². The molecule has 3 aromatic rings. The highest BCUT2D eigenvalue weighted by Gasteiger charge is 2.46. The maximum atomic E-state index is 13.5. The van der Waals surface area contributed by atoms with Gasteiger partial charge in [0, 0.05) is 11.3 Å². The average Bonchev–Trinajstić information content (AvgIpc) is 3.00. The van der Waals surface area contributed by atoms with Gasteiger partial charge in [0.05, 0.1) is 11.6 Å². The number of amides is 1. The van der Waals surface area contributed by atoms with Crippen molar-refractivity contribution in [2.45, 2.75) is 13.0 Å². The number of nitrogens with zero attached hydrogens (tertiary/aromatic N) is 1. The minimum Gasteiger partial charge on any atom is -0.507 e. The minimum atomic E-state index is -0.862. The van der Waals surface area contributed by atoms with Crippen LogP contribution in [0.5, 0.6) is 0 Å². The fourth-order valence-electron chi connectivity index (χ4n) is 3.52. The van der Waals surface area contributed by atoms with Gasteiger partial charge < -0.3 is 5.11 Å². The van der Waals surface area contributed by atoms with Crippen LogP contribution in [0.3, 0.4) is 0 Å². The van der Waals surface area contributed by atoms with Crippen LogP contribution in [0.15, 0.2) is 84.4 Å². The summed E-state index contributed by atoms with van der Waals surface area (Å²) in [6, 6.07) is 20.5. The number of Topliss-reactive ketones (excluding diaryl/α,β-unsaturated/α-hetero) is 1. The van der Waals surface area contributed by atoms with Gasteiger partial charge >= 0.3 is 0 Å². The Kier molecular flexibility index (Phi) is 4.72. The number of carbonyl (C=O) groups excluding carboxylic acids is 2. The number of anilines is 1. The molecule has 1 N–H and O–H groups in total. The molecular weight excluding hydrogens is 369 g/mol. The summed E-state index contributed by atoms with van der Waals surface area (Å²) in [5, 5.41) is 10.9. The maximum absolute atomic E-state index is 13.5. The van der Waals surface area contributed by atoms with Gasteiger partial charge in [0.1, 0.15) is 11.6 Å². The molecule has 0 aromatic heterocycles. The molecule has 0 aliphatic carbocycles. The summed E-state index contributed by atoms with van der Waals surface area (Å²) in [7, 11) is 0. The zero-order valence-electron chi connectivity index (χ0n) is 15.7. The van der Waals surface area contributed by atoms with Crippen LogP contribution in [0.1, 0.15) is 22.7 Å². The summed E-state index contributed by atoms with van der Waals surface area (Å²) >= 11 is 0. The molecular formula is C24H18FNO3. The molecule has 1 aliphatic heterocycles. The maximum Gasteiger partial charge on any atom is 0.300 e. The first kappa shape index (κ1) is 18.6. The standard InChI is InChI=1S/C24H18FNO3/c1-15-7-13-19(14-8-15)26-21(16-9-11-18(25)12-10-16)20(23(28)24(26)29)22(27)17-5-3-2-4-6-17/h2-14,21,27H,1H3/b22-20-. The molecule has 5 heteroatoms. The van der Waals surface area contributed by atoms with Crippen molar-refractivity contribution < 1.29 is 19.1 Å². The van der Waals surface area contributed by atoms with E-state index < -0.39 is 23.5 Å². The monoisotopic (exact) mass is 387 g/mol. The summed E-state index contributed by atoms with van der Waals surface area (Å²) < 4.78 is 13.5. The third-order valence-corrected chi connectivity index (χ3v) is 4.99. The highest BCUT2D eigenvalue weighted by Crippen LogP contribution is 2.42. The van der Waals surface area contributed by atoms with Gasteiger partial charge in [-0.05, 0) is 36.8 Å². The fourth-order valence-corrected chi connectivity index (χ4v) is 3.52. The lowest BCUT2D eigenvalue weighted by atomic mass is 9.95. The van der Waals surface area contributed by atoms with E-state index in [2.05, 4.69) is 0 Å². The van der Waals surface area contributed by atoms with Crippen LogP contribution in [0.4, 0.5) is 10.1 Å². The molecule has 1 saturated heterocycles. The Balaban J connectivity index is 1.94. The topological polar surface area (TPSA) is 57.6 Å². The van der Waals surface area contributed by atoms with Gasteiger partial charge in [0.2, 0.25) is 0 Å². The van der Waals surface area contributed by atoms with Gasteiger partial charge in [-0.15, -0.1) is 0 Å². The zero-order chi connectivity index (χ0) is 20.5. The summed E-state index contributed by atoms with van der Waals surface area (Å²) in [6.45, 7) is 1.92. The van der Waals surface area contributed by atoms with Gasteiger partial charge in [-0.25, -0.2) is 4.39 Å². The largest absolute Gasteiger partial charge is 0.507 e. The second-order valence-corrected chi connectivity index (χ2v) is 6.92. The Morgan fingerprint density at radius 1 is 0.897 bits per heavy atom. The number of halogens is 1. The number of carbonyl (C=O) groups is 2. The molecule has 3 aromatic carbocycles. The van der Waals surface area contributed by atoms with E-state index in [9.17, 15) is 19.1 Å². The Hall–Kier alpha value is -3.73. The van der Waals surface area contributed by atoms with E-state index in [0.29, 0.717) is 16.8 Å². The van der Waals surface area contributed by atoms with Gasteiger partial charge in [-0.3, -0.25) is 14.5 Å². The SMILES string of the molecule is Cc1ccc(N2C(=O)C(=O)/C(=C(\O)c3ccccc3)C2c2ccc(F)cc2)cc1. The van der Waals surface area contributed by atoms with E-state index in [4.69, 9.17) is 0 Å². The first-order valence-electron chi connectivity index (χ1n) is 9.16. The first-order chi connectivity index (χ1) is 14.0. The summed E-state index contributed by atoms with van der Waals surface area (Å²) in [5.74, 6) is -2.20. The molecule has 1 aliphatic rings. The predicted octanol–water partition coefficient (Wildman–Crippen LogP) is 4.76. The number of aryl methyl sites for hydroxylation is 1. The molecule has 29 heavy (non-hydrogen) atoms. The molecule has 0 bridgehead atoms. The average molecular weight is 387 g/mol. The number of rotatable bonds is 3. The lowest BCUT2D eigenvalue weighted by molar-refractivity contribution is -0.132. The molecule has 1 atom stereocenters. The van der Waals surface area contributed by atoms with Crippen LogP contribution in [-0.4, -0.2) is 16.8 Å². The van der Waals surface area contributed by atoms with Crippen LogP contribution in [0, 0.1) is 12.7 Å². The highest BCUT2D eigenvalue weighted by atomic mass is 19.1. The smallest absolute Gasteiger partial charge is 0.300 e. The van der Waals surface area contributed by atoms with Crippen molar-refractivity contribution in [3.63, 3.8) is 0 Å². The molecule has 1 fully saturated rings. The number of benzene rings is 3. The Morgan fingerprint density at radius 3 is 2.14 bits per heavy atom. The fraction of sp³-hybridized carbons (Fsp3) is 0.0833. The van der Waals surface area contributed by atoms with E-state index in [1.54, 1.807) is 42.5 Å².